The number of nitrogens with zero attached hydrogens (tertiary/aromatic N) is 1. The molecule has 0 aromatic heterocycles. The van der Waals surface area contributed by atoms with E-state index >= 15 is 0 Å². The third-order valence-corrected chi connectivity index (χ3v) is 5.66. The van der Waals surface area contributed by atoms with Gasteiger partial charge in [-0.05, 0) is 36.8 Å². The number of amides is 1. The number of esters is 1. The lowest BCUT2D eigenvalue weighted by Gasteiger charge is -2.58. The number of carbonyl (C=O) groups is 2. The van der Waals surface area contributed by atoms with E-state index in [2.05, 4.69) is 0 Å². The van der Waals surface area contributed by atoms with Crippen molar-refractivity contribution in [3.8, 4) is 0 Å². The average molecular weight is 365 g/mol. The number of hydrogen-bond donors (Lipinski definition) is 0. The molecule has 1 amide bonds. The van der Waals surface area contributed by atoms with Crippen LogP contribution in [0.4, 0.5) is 13.6 Å². The smallest absolute Gasteiger partial charge is 0.409 e. The number of benzene rings is 1. The molecule has 3 fully saturated rings. The van der Waals surface area contributed by atoms with Gasteiger partial charge in [-0.2, -0.15) is 0 Å². The summed E-state index contributed by atoms with van der Waals surface area (Å²) in [4.78, 5) is 24.7. The van der Waals surface area contributed by atoms with Gasteiger partial charge < -0.3 is 14.4 Å². The lowest BCUT2D eigenvalue weighted by molar-refractivity contribution is -0.137. The monoisotopic (exact) mass is 365 g/mol. The standard InChI is InChI=1S/C19H21F2NO4/c20-15-2-1-14(16(21)5-15)3-12-6-19(7-12)10-22(11-19)18(24)26-9-13-4-17(23)25-8-13/h1-2,5,12-13H,3-4,6-11H2/t13-/m0/s1. The topological polar surface area (TPSA) is 55.8 Å². The summed E-state index contributed by atoms with van der Waals surface area (Å²) in [7, 11) is 0. The van der Waals surface area contributed by atoms with Gasteiger partial charge in [-0.15, -0.1) is 0 Å². The molecule has 1 aromatic carbocycles. The number of halogens is 2. The fourth-order valence-electron chi connectivity index (χ4n) is 4.41. The zero-order valence-corrected chi connectivity index (χ0v) is 14.4. The predicted molar refractivity (Wildman–Crippen MR) is 87.2 cm³/mol. The Labute approximate surface area is 150 Å². The highest BCUT2D eigenvalue weighted by Crippen LogP contribution is 2.53. The summed E-state index contributed by atoms with van der Waals surface area (Å²) >= 11 is 0. The Bertz CT molecular complexity index is 724. The molecule has 0 unspecified atom stereocenters. The van der Waals surface area contributed by atoms with Crippen LogP contribution in [-0.2, 0) is 20.7 Å². The molecule has 2 heterocycles. The minimum absolute atomic E-state index is 0.0413. The van der Waals surface area contributed by atoms with E-state index in [4.69, 9.17) is 9.47 Å². The summed E-state index contributed by atoms with van der Waals surface area (Å²) < 4.78 is 36.8. The van der Waals surface area contributed by atoms with E-state index in [0.29, 0.717) is 44.0 Å². The van der Waals surface area contributed by atoms with Gasteiger partial charge >= 0.3 is 12.1 Å². The Morgan fingerprint density at radius 2 is 2.04 bits per heavy atom. The molecular formula is C19H21F2NO4. The fraction of sp³-hybridized carbons (Fsp3) is 0.579. The first-order valence-electron chi connectivity index (χ1n) is 8.94. The van der Waals surface area contributed by atoms with E-state index in [1.54, 1.807) is 4.90 Å². The van der Waals surface area contributed by atoms with Gasteiger partial charge in [0.15, 0.2) is 0 Å². The quantitative estimate of drug-likeness (QED) is 0.770. The predicted octanol–water partition coefficient (Wildman–Crippen LogP) is 2.92. The molecule has 5 nitrogen and oxygen atoms in total. The lowest BCUT2D eigenvalue weighted by Crippen LogP contribution is -2.64. The van der Waals surface area contributed by atoms with Crippen LogP contribution in [0.2, 0.25) is 0 Å². The summed E-state index contributed by atoms with van der Waals surface area (Å²) in [6.45, 7) is 1.85. The van der Waals surface area contributed by atoms with Crippen molar-refractivity contribution in [2.24, 2.45) is 17.3 Å². The van der Waals surface area contributed by atoms with E-state index in [1.807, 2.05) is 0 Å². The molecule has 0 radical (unpaired) electrons. The van der Waals surface area contributed by atoms with E-state index < -0.39 is 11.6 Å². The second-order valence-electron chi connectivity index (χ2n) is 7.90. The number of likely N-dealkylation sites (tertiary alicyclic amines) is 1. The minimum Gasteiger partial charge on any atom is -0.465 e. The second-order valence-corrected chi connectivity index (χ2v) is 7.90. The molecule has 4 rings (SSSR count). The number of ether oxygens (including phenoxy) is 2. The van der Waals surface area contributed by atoms with Crippen LogP contribution < -0.4 is 0 Å². The van der Waals surface area contributed by atoms with Gasteiger partial charge in [-0.1, -0.05) is 6.07 Å². The number of cyclic esters (lactones) is 1. The SMILES string of the molecule is O=C1C[C@H](COC(=O)N2CC3(CC(Cc4ccc(F)cc4F)C3)C2)CO1. The average Bonchev–Trinajstić information content (AvgIpc) is 2.93. The Morgan fingerprint density at radius 1 is 1.27 bits per heavy atom. The van der Waals surface area contributed by atoms with E-state index in [0.717, 1.165) is 18.9 Å². The van der Waals surface area contributed by atoms with Gasteiger partial charge in [0.05, 0.1) is 19.6 Å². The van der Waals surface area contributed by atoms with Crippen molar-refractivity contribution in [2.45, 2.75) is 25.7 Å². The number of rotatable bonds is 4. The van der Waals surface area contributed by atoms with Gasteiger partial charge in [-0.25, -0.2) is 13.6 Å². The molecule has 1 aromatic rings. The van der Waals surface area contributed by atoms with Crippen molar-refractivity contribution >= 4 is 12.1 Å². The summed E-state index contributed by atoms with van der Waals surface area (Å²) in [5, 5.41) is 0. The summed E-state index contributed by atoms with van der Waals surface area (Å²) in [6, 6.07) is 3.72. The summed E-state index contributed by atoms with van der Waals surface area (Å²) in [5.74, 6) is -0.959. The summed E-state index contributed by atoms with van der Waals surface area (Å²) in [6.07, 6.45) is 2.45. The van der Waals surface area contributed by atoms with Crippen molar-refractivity contribution in [1.82, 2.24) is 4.90 Å². The first-order chi connectivity index (χ1) is 12.4. The first-order valence-corrected chi connectivity index (χ1v) is 8.94. The number of carbonyl (C=O) groups excluding carboxylic acids is 2. The van der Waals surface area contributed by atoms with Gasteiger partial charge in [0.25, 0.3) is 0 Å². The van der Waals surface area contributed by atoms with E-state index in [1.165, 1.54) is 12.1 Å². The van der Waals surface area contributed by atoms with Crippen molar-refractivity contribution in [3.63, 3.8) is 0 Å². The molecule has 1 spiro atoms. The third-order valence-electron chi connectivity index (χ3n) is 5.66. The van der Waals surface area contributed by atoms with Gasteiger partial charge in [-0.3, -0.25) is 4.79 Å². The molecule has 7 heteroatoms. The van der Waals surface area contributed by atoms with Gasteiger partial charge in [0.2, 0.25) is 0 Å². The van der Waals surface area contributed by atoms with Crippen LogP contribution in [-0.4, -0.2) is 43.3 Å². The van der Waals surface area contributed by atoms with Crippen LogP contribution in [0.15, 0.2) is 18.2 Å². The molecule has 0 N–H and O–H groups in total. The molecule has 1 aliphatic carbocycles. The second kappa shape index (κ2) is 6.52. The van der Waals surface area contributed by atoms with Crippen molar-refractivity contribution in [2.75, 3.05) is 26.3 Å². The van der Waals surface area contributed by atoms with Crippen LogP contribution in [0.25, 0.3) is 0 Å². The minimum atomic E-state index is -0.557. The maximum atomic E-state index is 13.7. The first kappa shape index (κ1) is 17.2. The lowest BCUT2D eigenvalue weighted by atomic mass is 9.56. The maximum absolute atomic E-state index is 13.7. The molecule has 26 heavy (non-hydrogen) atoms. The van der Waals surface area contributed by atoms with Crippen LogP contribution in [0.5, 0.6) is 0 Å². The molecular weight excluding hydrogens is 344 g/mol. The molecule has 2 aliphatic heterocycles. The Morgan fingerprint density at radius 3 is 2.69 bits per heavy atom. The highest BCUT2D eigenvalue weighted by molar-refractivity contribution is 5.72. The molecule has 140 valence electrons. The van der Waals surface area contributed by atoms with E-state index in [9.17, 15) is 18.4 Å². The Kier molecular flexibility index (Phi) is 4.32. The largest absolute Gasteiger partial charge is 0.465 e. The fourth-order valence-corrected chi connectivity index (χ4v) is 4.41. The number of hydrogen-bond acceptors (Lipinski definition) is 4. The third kappa shape index (κ3) is 3.39. The highest BCUT2D eigenvalue weighted by atomic mass is 19.1. The Hall–Kier alpha value is -2.18. The molecule has 1 atom stereocenters. The maximum Gasteiger partial charge on any atom is 0.409 e. The van der Waals surface area contributed by atoms with Gasteiger partial charge in [0, 0.05) is 30.5 Å². The molecule has 0 bridgehead atoms. The van der Waals surface area contributed by atoms with Crippen molar-refractivity contribution < 1.29 is 27.8 Å². The van der Waals surface area contributed by atoms with Crippen LogP contribution in [0.3, 0.4) is 0 Å². The van der Waals surface area contributed by atoms with Crippen LogP contribution in [0, 0.1) is 28.9 Å². The van der Waals surface area contributed by atoms with Gasteiger partial charge in [0.1, 0.15) is 11.6 Å². The zero-order valence-electron chi connectivity index (χ0n) is 14.4. The van der Waals surface area contributed by atoms with Crippen molar-refractivity contribution in [3.05, 3.63) is 35.4 Å². The molecule has 3 aliphatic rings. The van der Waals surface area contributed by atoms with Crippen molar-refractivity contribution in [1.29, 1.82) is 0 Å². The zero-order chi connectivity index (χ0) is 18.3. The molecule has 2 saturated heterocycles. The highest BCUT2D eigenvalue weighted by Gasteiger charge is 2.53. The molecule has 1 saturated carbocycles. The normalized spacial score (nSPS) is 24.2. The van der Waals surface area contributed by atoms with E-state index in [-0.39, 0.29) is 30.0 Å². The summed E-state index contributed by atoms with van der Waals surface area (Å²) in [5.41, 5.74) is 0.683. The van der Waals surface area contributed by atoms with Crippen LogP contribution >= 0.6 is 0 Å². The van der Waals surface area contributed by atoms with Crippen LogP contribution in [0.1, 0.15) is 24.8 Å². The Balaban J connectivity index is 1.18.